The van der Waals surface area contributed by atoms with Gasteiger partial charge in [-0.3, -0.25) is 8.98 Å². The number of carbonyl (C=O) groups is 2. The molecule has 8 heteroatoms. The van der Waals surface area contributed by atoms with Crippen LogP contribution in [-0.2, 0) is 23.9 Å². The van der Waals surface area contributed by atoms with Gasteiger partial charge in [0.2, 0.25) is 0 Å². The van der Waals surface area contributed by atoms with Crippen LogP contribution in [-0.4, -0.2) is 42.4 Å². The molecular formula is C6H10O7S. The predicted octanol–water partition coefficient (Wildman–Crippen LogP) is -0.719. The van der Waals surface area contributed by atoms with E-state index >= 15 is 0 Å². The summed E-state index contributed by atoms with van der Waals surface area (Å²) in [5.74, 6) is -3.11. The van der Waals surface area contributed by atoms with Crippen LogP contribution in [0.1, 0.15) is 13.3 Å². The topological polar surface area (TPSA) is 118 Å². The highest BCUT2D eigenvalue weighted by Crippen LogP contribution is 2.18. The van der Waals surface area contributed by atoms with Crippen LogP contribution < -0.4 is 0 Å². The zero-order chi connectivity index (χ0) is 11.6. The first-order chi connectivity index (χ1) is 6.07. The Balaban J connectivity index is 4.92. The number of hydrogen-bond donors (Lipinski definition) is 2. The molecule has 0 spiro atoms. The van der Waals surface area contributed by atoms with Crippen molar-refractivity contribution in [3.8, 4) is 0 Å². The summed E-state index contributed by atoms with van der Waals surface area (Å²) < 4.78 is 25.5. The zero-order valence-electron chi connectivity index (χ0n) is 7.55. The minimum atomic E-state index is -4.02. The Kier molecular flexibility index (Phi) is 3.60. The summed E-state index contributed by atoms with van der Waals surface area (Å²) >= 11 is 0. The van der Waals surface area contributed by atoms with E-state index in [0.29, 0.717) is 6.26 Å². The summed E-state index contributed by atoms with van der Waals surface area (Å²) in [5, 5.41) is 16.9. The number of rotatable bonds is 5. The molecule has 14 heavy (non-hydrogen) atoms. The molecular weight excluding hydrogens is 216 g/mol. The van der Waals surface area contributed by atoms with Crippen molar-refractivity contribution < 1.29 is 32.4 Å². The monoisotopic (exact) mass is 226 g/mol. The average Bonchev–Trinajstić information content (AvgIpc) is 1.79. The third kappa shape index (κ3) is 4.19. The van der Waals surface area contributed by atoms with Gasteiger partial charge < -0.3 is 10.2 Å². The second kappa shape index (κ2) is 3.93. The van der Waals surface area contributed by atoms with Gasteiger partial charge in [-0.05, 0) is 6.92 Å². The van der Waals surface area contributed by atoms with E-state index in [9.17, 15) is 18.0 Å². The number of aliphatic carboxylic acids is 2. The van der Waals surface area contributed by atoms with Gasteiger partial charge in [-0.2, -0.15) is 8.42 Å². The molecule has 0 rings (SSSR count). The van der Waals surface area contributed by atoms with Crippen LogP contribution in [0.15, 0.2) is 0 Å². The van der Waals surface area contributed by atoms with Crippen molar-refractivity contribution in [2.75, 3.05) is 6.26 Å². The lowest BCUT2D eigenvalue weighted by Crippen LogP contribution is -2.42. The Morgan fingerprint density at radius 2 is 1.79 bits per heavy atom. The molecule has 0 saturated carbocycles. The Labute approximate surface area is 80.4 Å². The van der Waals surface area contributed by atoms with Crippen LogP contribution in [0.25, 0.3) is 0 Å². The quantitative estimate of drug-likeness (QED) is 0.594. The second-order valence-corrected chi connectivity index (χ2v) is 4.47. The highest BCUT2D eigenvalue weighted by molar-refractivity contribution is 7.86. The third-order valence-corrected chi connectivity index (χ3v) is 1.95. The van der Waals surface area contributed by atoms with Crippen LogP contribution in [0.5, 0.6) is 0 Å². The van der Waals surface area contributed by atoms with Crippen molar-refractivity contribution >= 4 is 22.1 Å². The lowest BCUT2D eigenvalue weighted by atomic mass is 10.0. The van der Waals surface area contributed by atoms with Crippen molar-refractivity contribution in [1.29, 1.82) is 0 Å². The first kappa shape index (κ1) is 12.8. The summed E-state index contributed by atoms with van der Waals surface area (Å²) in [7, 11) is -4.02. The van der Waals surface area contributed by atoms with E-state index in [1.54, 1.807) is 0 Å². The summed E-state index contributed by atoms with van der Waals surface area (Å²) in [6.45, 7) is 0.879. The Hall–Kier alpha value is -1.15. The molecule has 0 aliphatic heterocycles. The zero-order valence-corrected chi connectivity index (χ0v) is 8.37. The van der Waals surface area contributed by atoms with Crippen LogP contribution in [0.3, 0.4) is 0 Å². The molecule has 1 atom stereocenters. The maximum absolute atomic E-state index is 10.7. The Bertz CT molecular complexity index is 343. The summed E-state index contributed by atoms with van der Waals surface area (Å²) in [6, 6.07) is 0. The molecule has 0 radical (unpaired) electrons. The molecule has 0 amide bonds. The Morgan fingerprint density at radius 3 is 2.00 bits per heavy atom. The molecule has 0 heterocycles. The normalized spacial score (nSPS) is 15.9. The molecule has 0 aromatic rings. The van der Waals surface area contributed by atoms with E-state index in [1.807, 2.05) is 0 Å². The number of hydrogen-bond acceptors (Lipinski definition) is 5. The fraction of sp³-hybridized carbons (Fsp3) is 0.667. The van der Waals surface area contributed by atoms with Gasteiger partial charge in [-0.15, -0.1) is 0 Å². The van der Waals surface area contributed by atoms with Gasteiger partial charge in [0.25, 0.3) is 10.1 Å². The maximum atomic E-state index is 10.7. The molecule has 82 valence electrons. The molecule has 2 N–H and O–H groups in total. The van der Waals surface area contributed by atoms with Gasteiger partial charge in [0.1, 0.15) is 0 Å². The maximum Gasteiger partial charge on any atom is 0.337 e. The molecule has 0 bridgehead atoms. The fourth-order valence-electron chi connectivity index (χ4n) is 0.763. The minimum absolute atomic E-state index is 0.649. The molecule has 0 aliphatic rings. The Morgan fingerprint density at radius 1 is 1.36 bits per heavy atom. The highest BCUT2D eigenvalue weighted by atomic mass is 32.2. The van der Waals surface area contributed by atoms with Crippen molar-refractivity contribution in [3.63, 3.8) is 0 Å². The molecule has 7 nitrogen and oxygen atoms in total. The van der Waals surface area contributed by atoms with Crippen molar-refractivity contribution in [3.05, 3.63) is 0 Å². The predicted molar refractivity (Wildman–Crippen MR) is 44.2 cm³/mol. The SMILES string of the molecule is CC(CC(=O)O)(OS(C)(=O)=O)C(=O)O. The minimum Gasteiger partial charge on any atom is -0.481 e. The largest absolute Gasteiger partial charge is 0.481 e. The summed E-state index contributed by atoms with van der Waals surface area (Å²) in [6.07, 6.45) is -0.286. The average molecular weight is 226 g/mol. The van der Waals surface area contributed by atoms with Gasteiger partial charge >= 0.3 is 11.9 Å². The van der Waals surface area contributed by atoms with Gasteiger partial charge in [0, 0.05) is 0 Å². The summed E-state index contributed by atoms with van der Waals surface area (Å²) in [4.78, 5) is 20.8. The molecule has 1 unspecified atom stereocenters. The van der Waals surface area contributed by atoms with E-state index in [0.717, 1.165) is 6.92 Å². The van der Waals surface area contributed by atoms with Crippen LogP contribution in [0.2, 0.25) is 0 Å². The lowest BCUT2D eigenvalue weighted by Gasteiger charge is -2.21. The van der Waals surface area contributed by atoms with E-state index < -0.39 is 34.1 Å². The van der Waals surface area contributed by atoms with E-state index in [1.165, 1.54) is 0 Å². The molecule has 0 aromatic heterocycles. The van der Waals surface area contributed by atoms with E-state index in [2.05, 4.69) is 4.18 Å². The van der Waals surface area contributed by atoms with Crippen molar-refractivity contribution in [2.24, 2.45) is 0 Å². The first-order valence-electron chi connectivity index (χ1n) is 3.42. The molecule has 0 fully saturated rings. The van der Waals surface area contributed by atoms with Crippen LogP contribution in [0.4, 0.5) is 0 Å². The van der Waals surface area contributed by atoms with Gasteiger partial charge in [0.15, 0.2) is 5.60 Å². The van der Waals surface area contributed by atoms with Crippen LogP contribution >= 0.6 is 0 Å². The third-order valence-electron chi connectivity index (χ3n) is 1.28. The van der Waals surface area contributed by atoms with Crippen LogP contribution in [0, 0.1) is 0 Å². The smallest absolute Gasteiger partial charge is 0.337 e. The highest BCUT2D eigenvalue weighted by Gasteiger charge is 2.40. The van der Waals surface area contributed by atoms with Crippen molar-refractivity contribution in [1.82, 2.24) is 0 Å². The van der Waals surface area contributed by atoms with E-state index in [4.69, 9.17) is 10.2 Å². The standard InChI is InChI=1S/C6H10O7S/c1-6(5(9)10,3-4(7)8)13-14(2,11)12/h3H2,1-2H3,(H,7,8)(H,9,10). The van der Waals surface area contributed by atoms with Crippen molar-refractivity contribution in [2.45, 2.75) is 18.9 Å². The van der Waals surface area contributed by atoms with E-state index in [-0.39, 0.29) is 0 Å². The number of carboxylic acid groups (broad SMARTS) is 2. The number of carboxylic acids is 2. The second-order valence-electron chi connectivity index (χ2n) is 2.89. The van der Waals surface area contributed by atoms with Gasteiger partial charge in [0.05, 0.1) is 12.7 Å². The molecule has 0 saturated heterocycles. The molecule has 0 aromatic carbocycles. The fourth-order valence-corrected chi connectivity index (χ4v) is 1.56. The first-order valence-corrected chi connectivity index (χ1v) is 5.24. The van der Waals surface area contributed by atoms with Gasteiger partial charge in [-0.1, -0.05) is 0 Å². The van der Waals surface area contributed by atoms with Gasteiger partial charge in [-0.25, -0.2) is 4.79 Å². The lowest BCUT2D eigenvalue weighted by molar-refractivity contribution is -0.160. The summed E-state index contributed by atoms with van der Waals surface area (Å²) in [5.41, 5.74) is -2.26. The molecule has 0 aliphatic carbocycles.